The van der Waals surface area contributed by atoms with Crippen LogP contribution >= 0.6 is 11.3 Å². The number of allylic oxidation sites excluding steroid dienone is 1. The number of ether oxygens (including phenoxy) is 1. The molecule has 0 radical (unpaired) electrons. The summed E-state index contributed by atoms with van der Waals surface area (Å²) < 4.78 is 5.35. The van der Waals surface area contributed by atoms with Crippen molar-refractivity contribution >= 4 is 56.4 Å². The van der Waals surface area contributed by atoms with Crippen molar-refractivity contribution in [3.8, 4) is 11.4 Å². The summed E-state index contributed by atoms with van der Waals surface area (Å²) in [5.74, 6) is 1.20. The molecule has 1 aliphatic rings. The summed E-state index contributed by atoms with van der Waals surface area (Å²) in [5.41, 5.74) is 9.47. The van der Waals surface area contributed by atoms with Gasteiger partial charge in [-0.3, -0.25) is 9.69 Å². The third-order valence-corrected chi connectivity index (χ3v) is 6.82. The maximum atomic E-state index is 12.6. The van der Waals surface area contributed by atoms with Crippen molar-refractivity contribution in [2.24, 2.45) is 5.73 Å². The number of amides is 1. The van der Waals surface area contributed by atoms with E-state index in [1.54, 1.807) is 11.3 Å². The Bertz CT molecular complexity index is 1440. The number of morpholine rings is 1. The van der Waals surface area contributed by atoms with E-state index in [9.17, 15) is 4.79 Å². The summed E-state index contributed by atoms with van der Waals surface area (Å²) in [4.78, 5) is 25.1. The molecule has 0 aliphatic carbocycles. The van der Waals surface area contributed by atoms with E-state index in [0.717, 1.165) is 40.1 Å². The molecule has 0 spiro atoms. The second-order valence-electron chi connectivity index (χ2n) is 8.52. The lowest BCUT2D eigenvalue weighted by molar-refractivity contribution is -0.118. The fourth-order valence-corrected chi connectivity index (χ4v) is 4.85. The lowest BCUT2D eigenvalue weighted by Gasteiger charge is -2.25. The number of hydrogen-bond acceptors (Lipinski definition) is 9. The van der Waals surface area contributed by atoms with Crippen molar-refractivity contribution in [1.29, 1.82) is 5.41 Å². The Morgan fingerprint density at radius 1 is 1.11 bits per heavy atom. The first kappa shape index (κ1) is 24.6. The molecule has 3 heterocycles. The van der Waals surface area contributed by atoms with Crippen LogP contribution in [0.3, 0.4) is 0 Å². The number of anilines is 3. The quantitative estimate of drug-likeness (QED) is 0.258. The van der Waals surface area contributed by atoms with Crippen LogP contribution in [-0.4, -0.2) is 59.8 Å². The van der Waals surface area contributed by atoms with Crippen molar-refractivity contribution in [2.45, 2.75) is 0 Å². The molecule has 2 aromatic heterocycles. The normalized spacial score (nSPS) is 14.4. The summed E-state index contributed by atoms with van der Waals surface area (Å²) in [6.45, 7) is 3.16. The maximum absolute atomic E-state index is 12.6. The molecule has 37 heavy (non-hydrogen) atoms. The van der Waals surface area contributed by atoms with E-state index < -0.39 is 0 Å². The Hall–Kier alpha value is -4.12. The van der Waals surface area contributed by atoms with E-state index in [1.165, 1.54) is 12.4 Å². The third kappa shape index (κ3) is 5.83. The molecule has 1 amide bonds. The number of fused-ring (bicyclic) bond motifs is 1. The van der Waals surface area contributed by atoms with Crippen LogP contribution in [0.1, 0.15) is 5.56 Å². The van der Waals surface area contributed by atoms with E-state index in [4.69, 9.17) is 25.8 Å². The predicted molar refractivity (Wildman–Crippen MR) is 149 cm³/mol. The van der Waals surface area contributed by atoms with Crippen LogP contribution in [0, 0.1) is 5.41 Å². The molecule has 188 valence electrons. The first-order chi connectivity index (χ1) is 18.1. The molecule has 0 saturated carbocycles. The molecule has 4 aromatic rings. The molecule has 10 heteroatoms. The topological polar surface area (TPSA) is 129 Å². The van der Waals surface area contributed by atoms with Crippen molar-refractivity contribution in [1.82, 2.24) is 14.9 Å². The van der Waals surface area contributed by atoms with E-state index in [-0.39, 0.29) is 5.91 Å². The molecule has 9 nitrogen and oxygen atoms in total. The Morgan fingerprint density at radius 2 is 1.92 bits per heavy atom. The van der Waals surface area contributed by atoms with Gasteiger partial charge in [-0.25, -0.2) is 9.97 Å². The van der Waals surface area contributed by atoms with Gasteiger partial charge in [0.1, 0.15) is 10.6 Å². The zero-order valence-electron chi connectivity index (χ0n) is 20.1. The third-order valence-electron chi connectivity index (χ3n) is 6.02. The fraction of sp³-hybridized carbons (Fsp3) is 0.185. The monoisotopic (exact) mass is 513 g/mol. The van der Waals surface area contributed by atoms with Gasteiger partial charge in [-0.15, -0.1) is 11.3 Å². The standard InChI is InChI=1S/C27H27N7O2S/c28-15-20(16-29)18-4-6-21(7-5-18)31-26-23-8-13-37-27(23)33-25(32-26)19-2-1-3-22(14-19)30-24(35)17-34-9-11-36-12-10-34/h1-8,13-16,28H,9-12,17,29H2,(H,30,35)(H,31,32,33)/b20-16+,28-15?. The van der Waals surface area contributed by atoms with Crippen LogP contribution in [0.4, 0.5) is 17.2 Å². The average Bonchev–Trinajstić information content (AvgIpc) is 3.40. The van der Waals surface area contributed by atoms with Gasteiger partial charge in [0.25, 0.3) is 0 Å². The molecular formula is C27H27N7O2S. The van der Waals surface area contributed by atoms with E-state index in [0.29, 0.717) is 42.7 Å². The minimum atomic E-state index is -0.0601. The van der Waals surface area contributed by atoms with Crippen molar-refractivity contribution in [3.05, 3.63) is 71.7 Å². The van der Waals surface area contributed by atoms with Crippen molar-refractivity contribution < 1.29 is 9.53 Å². The molecule has 0 bridgehead atoms. The number of benzene rings is 2. The molecule has 5 rings (SSSR count). The lowest BCUT2D eigenvalue weighted by atomic mass is 10.1. The summed E-state index contributed by atoms with van der Waals surface area (Å²) in [6.07, 6.45) is 2.65. The van der Waals surface area contributed by atoms with E-state index in [2.05, 4.69) is 15.5 Å². The van der Waals surface area contributed by atoms with Crippen LogP contribution in [-0.2, 0) is 9.53 Å². The number of carbonyl (C=O) groups is 1. The van der Waals surface area contributed by atoms with Crippen LogP contribution in [0.5, 0.6) is 0 Å². The zero-order chi connectivity index (χ0) is 25.6. The van der Waals surface area contributed by atoms with Crippen LogP contribution in [0.2, 0.25) is 0 Å². The molecular weight excluding hydrogens is 486 g/mol. The first-order valence-electron chi connectivity index (χ1n) is 11.9. The second-order valence-corrected chi connectivity index (χ2v) is 9.42. The molecule has 5 N–H and O–H groups in total. The van der Waals surface area contributed by atoms with Gasteiger partial charge >= 0.3 is 0 Å². The highest BCUT2D eigenvalue weighted by molar-refractivity contribution is 7.16. The number of nitrogens with two attached hydrogens (primary N) is 1. The largest absolute Gasteiger partial charge is 0.404 e. The predicted octanol–water partition coefficient (Wildman–Crippen LogP) is 4.32. The van der Waals surface area contributed by atoms with Crippen LogP contribution < -0.4 is 16.4 Å². The Balaban J connectivity index is 1.37. The Labute approximate surface area is 218 Å². The van der Waals surface area contributed by atoms with E-state index in [1.807, 2.05) is 60.0 Å². The van der Waals surface area contributed by atoms with Gasteiger partial charge in [0.15, 0.2) is 5.82 Å². The van der Waals surface area contributed by atoms with Gasteiger partial charge in [-0.05, 0) is 41.3 Å². The highest BCUT2D eigenvalue weighted by Crippen LogP contribution is 2.31. The van der Waals surface area contributed by atoms with Gasteiger partial charge in [-0.1, -0.05) is 24.3 Å². The van der Waals surface area contributed by atoms with Crippen molar-refractivity contribution in [3.63, 3.8) is 0 Å². The number of aromatic nitrogens is 2. The Kier molecular flexibility index (Phi) is 7.50. The molecule has 1 fully saturated rings. The molecule has 1 aliphatic heterocycles. The van der Waals surface area contributed by atoms with Gasteiger partial charge in [0.2, 0.25) is 5.91 Å². The first-order valence-corrected chi connectivity index (χ1v) is 12.8. The maximum Gasteiger partial charge on any atom is 0.238 e. The smallest absolute Gasteiger partial charge is 0.238 e. The highest BCUT2D eigenvalue weighted by atomic mass is 32.1. The molecule has 0 atom stereocenters. The molecule has 1 saturated heterocycles. The number of nitrogens with one attached hydrogen (secondary N) is 3. The number of thiophene rings is 1. The van der Waals surface area contributed by atoms with Gasteiger partial charge < -0.3 is 26.5 Å². The minimum absolute atomic E-state index is 0.0601. The zero-order valence-corrected chi connectivity index (χ0v) is 20.9. The van der Waals surface area contributed by atoms with Crippen LogP contribution in [0.15, 0.2) is 66.2 Å². The Morgan fingerprint density at radius 3 is 2.68 bits per heavy atom. The van der Waals surface area contributed by atoms with Gasteiger partial charge in [0.05, 0.1) is 25.1 Å². The van der Waals surface area contributed by atoms with Gasteiger partial charge in [0, 0.05) is 48.0 Å². The summed E-state index contributed by atoms with van der Waals surface area (Å²) in [7, 11) is 0. The fourth-order valence-electron chi connectivity index (χ4n) is 4.09. The van der Waals surface area contributed by atoms with Crippen molar-refractivity contribution in [2.75, 3.05) is 43.5 Å². The number of hydrogen-bond donors (Lipinski definition) is 4. The second kappa shape index (κ2) is 11.3. The summed E-state index contributed by atoms with van der Waals surface area (Å²) in [6, 6.07) is 17.2. The molecule has 0 unspecified atom stereocenters. The number of nitrogens with zero attached hydrogens (tertiary/aromatic N) is 3. The molecule has 2 aromatic carbocycles. The van der Waals surface area contributed by atoms with E-state index >= 15 is 0 Å². The minimum Gasteiger partial charge on any atom is -0.404 e. The van der Waals surface area contributed by atoms with Gasteiger partial charge in [-0.2, -0.15) is 0 Å². The lowest BCUT2D eigenvalue weighted by Crippen LogP contribution is -2.41. The van der Waals surface area contributed by atoms with Crippen LogP contribution in [0.25, 0.3) is 27.2 Å². The number of carbonyl (C=O) groups excluding carboxylic acids is 1. The number of rotatable bonds is 8. The highest BCUT2D eigenvalue weighted by Gasteiger charge is 2.15. The SMILES string of the molecule is N=C/C(=C\N)c1ccc(Nc2nc(-c3cccc(NC(=O)CN4CCOCC4)c3)nc3sccc23)cc1. The summed E-state index contributed by atoms with van der Waals surface area (Å²) in [5, 5.41) is 16.8. The summed E-state index contributed by atoms with van der Waals surface area (Å²) >= 11 is 1.54. The average molecular weight is 514 g/mol.